The number of methoxy groups -OCH3 is 1. The molecule has 2 aliphatic heterocycles. The highest BCUT2D eigenvalue weighted by Crippen LogP contribution is 2.34. The fourth-order valence-corrected chi connectivity index (χ4v) is 5.39. The second-order valence-electron chi connectivity index (χ2n) is 12.0. The molecule has 0 spiro atoms. The van der Waals surface area contributed by atoms with Gasteiger partial charge in [0.25, 0.3) is 0 Å². The van der Waals surface area contributed by atoms with Crippen molar-refractivity contribution in [3.8, 4) is 5.75 Å². The number of amides is 4. The highest BCUT2D eigenvalue weighted by atomic mass is 19.4. The minimum absolute atomic E-state index is 0.0752. The molecule has 0 unspecified atom stereocenters. The van der Waals surface area contributed by atoms with Gasteiger partial charge in [0.2, 0.25) is 11.7 Å². The molecule has 0 bridgehead atoms. The molecule has 3 aromatic rings. The Kier molecular flexibility index (Phi) is 8.83. The third-order valence-corrected chi connectivity index (χ3v) is 7.61. The van der Waals surface area contributed by atoms with Gasteiger partial charge in [-0.3, -0.25) is 9.69 Å². The Hall–Kier alpha value is -5.22. The maximum absolute atomic E-state index is 13.3. The Morgan fingerprint density at radius 3 is 2.36 bits per heavy atom. The number of benzene rings is 1. The molecule has 0 saturated carbocycles. The number of likely N-dealkylation sites (tertiary alicyclic amines) is 1. The van der Waals surface area contributed by atoms with E-state index in [1.165, 1.54) is 18.2 Å². The molecule has 4 heterocycles. The van der Waals surface area contributed by atoms with Gasteiger partial charge in [-0.1, -0.05) is 12.1 Å². The number of carbonyl (C=O) groups excluding carboxylic acids is 3. The van der Waals surface area contributed by atoms with Gasteiger partial charge in [-0.15, -0.1) is 10.2 Å². The van der Waals surface area contributed by atoms with E-state index in [0.717, 1.165) is 15.0 Å². The van der Waals surface area contributed by atoms with E-state index in [4.69, 9.17) is 9.47 Å². The number of carboxylic acids is 1. The number of anilines is 1. The van der Waals surface area contributed by atoms with E-state index in [0.29, 0.717) is 16.2 Å². The molecular formula is C30H32F3N7O7. The number of halogens is 3. The van der Waals surface area contributed by atoms with Crippen molar-refractivity contribution in [2.24, 2.45) is 5.92 Å². The number of alkyl halides is 3. The minimum Gasteiger partial charge on any atom is -0.497 e. The van der Waals surface area contributed by atoms with Crippen molar-refractivity contribution in [1.82, 2.24) is 29.5 Å². The van der Waals surface area contributed by atoms with Gasteiger partial charge in [-0.25, -0.2) is 24.3 Å². The summed E-state index contributed by atoms with van der Waals surface area (Å²) in [7, 11) is 1.53. The Bertz CT molecular complexity index is 1690. The van der Waals surface area contributed by atoms with E-state index in [9.17, 15) is 37.5 Å². The topological polar surface area (TPSA) is 160 Å². The van der Waals surface area contributed by atoms with Crippen molar-refractivity contribution < 1.29 is 46.9 Å². The first-order valence-electron chi connectivity index (χ1n) is 14.5. The molecular weight excluding hydrogens is 627 g/mol. The normalized spacial score (nSPS) is 17.9. The third kappa shape index (κ3) is 6.97. The standard InChI is InChI=1S/C30H32F3N7O7/c1-29(2,3)47-28(45)39(15-17-5-7-19(46-4)8-6-17)21-14-18(9-10-34-21)13-20-23(25(42)43)40(24(20)41)27(44)37-11-12-38-22(16-37)35-36-26(38)30(31,32)33/h5-10,14,20,23H,11-13,15-16H2,1-4H3,(H,42,43)/t20-,23+/m1/s1. The van der Waals surface area contributed by atoms with Gasteiger partial charge in [0, 0.05) is 19.3 Å². The van der Waals surface area contributed by atoms with Crippen LogP contribution in [0, 0.1) is 5.92 Å². The number of rotatable bonds is 7. The number of ether oxygens (including phenoxy) is 2. The molecule has 17 heteroatoms. The van der Waals surface area contributed by atoms with Crippen LogP contribution < -0.4 is 9.64 Å². The van der Waals surface area contributed by atoms with Crippen LogP contribution in [0.25, 0.3) is 0 Å². The summed E-state index contributed by atoms with van der Waals surface area (Å²) in [4.78, 5) is 59.4. The molecule has 1 fully saturated rings. The molecule has 47 heavy (non-hydrogen) atoms. The van der Waals surface area contributed by atoms with Crippen molar-refractivity contribution >= 4 is 29.8 Å². The molecule has 4 amide bonds. The van der Waals surface area contributed by atoms with Gasteiger partial charge in [0.15, 0.2) is 11.9 Å². The lowest BCUT2D eigenvalue weighted by Gasteiger charge is -2.45. The second-order valence-corrected chi connectivity index (χ2v) is 12.0. The Balaban J connectivity index is 1.33. The number of carbonyl (C=O) groups is 4. The van der Waals surface area contributed by atoms with Crippen molar-refractivity contribution in [2.75, 3.05) is 18.6 Å². The highest BCUT2D eigenvalue weighted by Gasteiger charge is 2.56. The first kappa shape index (κ1) is 33.2. The van der Waals surface area contributed by atoms with Crippen molar-refractivity contribution in [2.45, 2.75) is 64.6 Å². The summed E-state index contributed by atoms with van der Waals surface area (Å²) in [5.41, 5.74) is 0.394. The van der Waals surface area contributed by atoms with Crippen LogP contribution in [0.3, 0.4) is 0 Å². The van der Waals surface area contributed by atoms with E-state index in [-0.39, 0.29) is 44.2 Å². The molecule has 1 N–H and O–H groups in total. The van der Waals surface area contributed by atoms with E-state index in [1.807, 2.05) is 0 Å². The Labute approximate surface area is 266 Å². The number of carboxylic acid groups (broad SMARTS) is 1. The first-order valence-corrected chi connectivity index (χ1v) is 14.5. The van der Waals surface area contributed by atoms with Gasteiger partial charge in [-0.05, 0) is 62.6 Å². The van der Waals surface area contributed by atoms with Crippen LogP contribution in [0.1, 0.15) is 43.5 Å². The van der Waals surface area contributed by atoms with Gasteiger partial charge < -0.3 is 24.0 Å². The molecule has 5 rings (SSSR count). The molecule has 1 saturated heterocycles. The number of fused-ring (bicyclic) bond motifs is 1. The summed E-state index contributed by atoms with van der Waals surface area (Å²) in [6.07, 6.45) is -4.10. The van der Waals surface area contributed by atoms with Crippen LogP contribution in [0.2, 0.25) is 0 Å². The highest BCUT2D eigenvalue weighted by molar-refractivity contribution is 6.07. The maximum Gasteiger partial charge on any atom is 0.451 e. The average Bonchev–Trinajstić information content (AvgIpc) is 3.44. The predicted octanol–water partition coefficient (Wildman–Crippen LogP) is 3.73. The number of hydrogen-bond acceptors (Lipinski definition) is 9. The summed E-state index contributed by atoms with van der Waals surface area (Å²) in [6, 6.07) is 7.65. The van der Waals surface area contributed by atoms with Crippen molar-refractivity contribution in [3.63, 3.8) is 0 Å². The summed E-state index contributed by atoms with van der Waals surface area (Å²) in [5, 5.41) is 16.7. The number of aliphatic carboxylic acids is 1. The number of imide groups is 1. The predicted molar refractivity (Wildman–Crippen MR) is 156 cm³/mol. The molecule has 250 valence electrons. The molecule has 2 aromatic heterocycles. The van der Waals surface area contributed by atoms with Gasteiger partial charge in [-0.2, -0.15) is 13.2 Å². The van der Waals surface area contributed by atoms with Crippen molar-refractivity contribution in [1.29, 1.82) is 0 Å². The lowest BCUT2D eigenvalue weighted by molar-refractivity contribution is -0.166. The van der Waals surface area contributed by atoms with Gasteiger partial charge >= 0.3 is 24.3 Å². The van der Waals surface area contributed by atoms with Crippen molar-refractivity contribution in [3.05, 3.63) is 65.4 Å². The largest absolute Gasteiger partial charge is 0.497 e. The fourth-order valence-electron chi connectivity index (χ4n) is 5.39. The molecule has 14 nitrogen and oxygen atoms in total. The first-order chi connectivity index (χ1) is 22.1. The van der Waals surface area contributed by atoms with E-state index >= 15 is 0 Å². The number of β-lactam (4-membered cyclic amide) rings is 1. The monoisotopic (exact) mass is 659 g/mol. The van der Waals surface area contributed by atoms with Crippen LogP contribution >= 0.6 is 0 Å². The molecule has 1 aromatic carbocycles. The zero-order valence-corrected chi connectivity index (χ0v) is 25.9. The average molecular weight is 660 g/mol. The van der Waals surface area contributed by atoms with Crippen LogP contribution in [-0.4, -0.2) is 84.0 Å². The number of urea groups is 1. The number of nitrogens with zero attached hydrogens (tertiary/aromatic N) is 7. The Morgan fingerprint density at radius 1 is 1.04 bits per heavy atom. The Morgan fingerprint density at radius 2 is 1.74 bits per heavy atom. The smallest absolute Gasteiger partial charge is 0.451 e. The second kappa shape index (κ2) is 12.5. The maximum atomic E-state index is 13.3. The molecule has 0 aliphatic carbocycles. The lowest BCUT2D eigenvalue weighted by atomic mass is 9.82. The van der Waals surface area contributed by atoms with Crippen LogP contribution in [0.15, 0.2) is 42.6 Å². The quantitative estimate of drug-likeness (QED) is 0.370. The molecule has 2 atom stereocenters. The van der Waals surface area contributed by atoms with E-state index in [1.54, 1.807) is 57.2 Å². The SMILES string of the molecule is COc1ccc(CN(C(=O)OC(C)(C)C)c2cc(C[C@H]3C(=O)N(C(=O)N4CCn5c(nnc5C(F)(F)F)C4)[C@@H]3C(=O)O)ccn2)cc1. The number of pyridine rings is 1. The van der Waals surface area contributed by atoms with Crippen LogP contribution in [0.5, 0.6) is 5.75 Å². The van der Waals surface area contributed by atoms with E-state index in [2.05, 4.69) is 15.2 Å². The summed E-state index contributed by atoms with van der Waals surface area (Å²) in [6.45, 7) is 4.35. The minimum atomic E-state index is -4.74. The molecule has 0 radical (unpaired) electrons. The zero-order valence-electron chi connectivity index (χ0n) is 25.9. The van der Waals surface area contributed by atoms with Gasteiger partial charge in [0.1, 0.15) is 17.2 Å². The van der Waals surface area contributed by atoms with E-state index < -0.39 is 53.6 Å². The van der Waals surface area contributed by atoms with Crippen LogP contribution in [-0.2, 0) is 46.6 Å². The lowest BCUT2D eigenvalue weighted by Crippen LogP contribution is -2.69. The fraction of sp³-hybridized carbons (Fsp3) is 0.433. The zero-order chi connectivity index (χ0) is 34.3. The number of hydrogen-bond donors (Lipinski definition) is 1. The number of aromatic nitrogens is 4. The van der Waals surface area contributed by atoms with Gasteiger partial charge in [0.05, 0.1) is 26.1 Å². The summed E-state index contributed by atoms with van der Waals surface area (Å²) < 4.78 is 51.3. The summed E-state index contributed by atoms with van der Waals surface area (Å²) >= 11 is 0. The third-order valence-electron chi connectivity index (χ3n) is 7.61. The summed E-state index contributed by atoms with van der Waals surface area (Å²) in [5.74, 6) is -3.83. The molecule has 2 aliphatic rings. The van der Waals surface area contributed by atoms with Crippen LogP contribution in [0.4, 0.5) is 28.6 Å².